The lowest BCUT2D eigenvalue weighted by molar-refractivity contribution is 0.0697. The number of carboxylic acids is 1. The van der Waals surface area contributed by atoms with Crippen molar-refractivity contribution in [3.8, 4) is 0 Å². The van der Waals surface area contributed by atoms with Crippen molar-refractivity contribution in [2.75, 3.05) is 5.32 Å². The molecule has 1 aromatic carbocycles. The van der Waals surface area contributed by atoms with Crippen LogP contribution in [-0.2, 0) is 6.54 Å². The van der Waals surface area contributed by atoms with E-state index in [1.54, 1.807) is 18.2 Å². The normalized spacial score (nSPS) is 14.3. The number of hydrogen-bond donors (Lipinski definition) is 2. The van der Waals surface area contributed by atoms with Crippen molar-refractivity contribution in [2.24, 2.45) is 0 Å². The first-order chi connectivity index (χ1) is 9.22. The van der Waals surface area contributed by atoms with Crippen LogP contribution in [0.5, 0.6) is 0 Å². The van der Waals surface area contributed by atoms with E-state index in [0.29, 0.717) is 18.0 Å². The van der Waals surface area contributed by atoms with Gasteiger partial charge in [-0.05, 0) is 30.5 Å². The van der Waals surface area contributed by atoms with Gasteiger partial charge in [0.05, 0.1) is 5.56 Å². The van der Waals surface area contributed by atoms with Gasteiger partial charge in [0.15, 0.2) is 0 Å². The summed E-state index contributed by atoms with van der Waals surface area (Å²) in [5.74, 6) is 0.586. The fourth-order valence-corrected chi connectivity index (χ4v) is 2.45. The quantitative estimate of drug-likeness (QED) is 0.877. The minimum absolute atomic E-state index is 0.301. The summed E-state index contributed by atoms with van der Waals surface area (Å²) < 4.78 is 4.31. The SMILES string of the molecule is O=C(O)c1cccc(CNc2nc(C3CC3)ns2)c1. The Hall–Kier alpha value is -1.95. The fourth-order valence-electron chi connectivity index (χ4n) is 1.81. The third-order valence-corrected chi connectivity index (χ3v) is 3.69. The van der Waals surface area contributed by atoms with Gasteiger partial charge in [-0.3, -0.25) is 0 Å². The van der Waals surface area contributed by atoms with Gasteiger partial charge >= 0.3 is 5.97 Å². The summed E-state index contributed by atoms with van der Waals surface area (Å²) in [6.07, 6.45) is 2.38. The molecule has 2 N–H and O–H groups in total. The zero-order chi connectivity index (χ0) is 13.2. The Morgan fingerprint density at radius 1 is 1.47 bits per heavy atom. The molecule has 19 heavy (non-hydrogen) atoms. The van der Waals surface area contributed by atoms with Gasteiger partial charge in [0, 0.05) is 24.0 Å². The lowest BCUT2D eigenvalue weighted by Crippen LogP contribution is -2.02. The van der Waals surface area contributed by atoms with Gasteiger partial charge in [-0.2, -0.15) is 4.37 Å². The van der Waals surface area contributed by atoms with Crippen LogP contribution < -0.4 is 5.32 Å². The summed E-state index contributed by atoms with van der Waals surface area (Å²) in [5, 5.41) is 12.9. The van der Waals surface area contributed by atoms with Gasteiger partial charge < -0.3 is 10.4 Å². The van der Waals surface area contributed by atoms with Crippen LogP contribution in [0.1, 0.15) is 40.5 Å². The molecule has 1 aliphatic rings. The van der Waals surface area contributed by atoms with Gasteiger partial charge in [0.25, 0.3) is 0 Å². The monoisotopic (exact) mass is 275 g/mol. The molecule has 0 aliphatic heterocycles. The van der Waals surface area contributed by atoms with E-state index < -0.39 is 5.97 Å². The molecular weight excluding hydrogens is 262 g/mol. The Bertz CT molecular complexity index is 607. The number of benzene rings is 1. The summed E-state index contributed by atoms with van der Waals surface area (Å²) in [6, 6.07) is 6.89. The smallest absolute Gasteiger partial charge is 0.335 e. The van der Waals surface area contributed by atoms with E-state index in [9.17, 15) is 4.79 Å². The van der Waals surface area contributed by atoms with Gasteiger partial charge in [0.1, 0.15) is 5.82 Å². The summed E-state index contributed by atoms with van der Waals surface area (Å²) in [5.41, 5.74) is 1.22. The highest BCUT2D eigenvalue weighted by molar-refractivity contribution is 7.09. The van der Waals surface area contributed by atoms with Crippen LogP contribution in [-0.4, -0.2) is 20.4 Å². The van der Waals surface area contributed by atoms with E-state index >= 15 is 0 Å². The molecule has 0 saturated heterocycles. The molecule has 98 valence electrons. The van der Waals surface area contributed by atoms with Crippen molar-refractivity contribution in [1.29, 1.82) is 0 Å². The van der Waals surface area contributed by atoms with E-state index in [1.807, 2.05) is 6.07 Å². The van der Waals surface area contributed by atoms with Crippen LogP contribution in [0.3, 0.4) is 0 Å². The number of carboxylic acid groups (broad SMARTS) is 1. The van der Waals surface area contributed by atoms with E-state index in [4.69, 9.17) is 5.11 Å². The van der Waals surface area contributed by atoms with E-state index in [0.717, 1.165) is 16.5 Å². The van der Waals surface area contributed by atoms with Crippen molar-refractivity contribution in [1.82, 2.24) is 9.36 Å². The predicted molar refractivity (Wildman–Crippen MR) is 72.6 cm³/mol. The largest absolute Gasteiger partial charge is 0.478 e. The lowest BCUT2D eigenvalue weighted by atomic mass is 10.1. The highest BCUT2D eigenvalue weighted by Crippen LogP contribution is 2.39. The maximum Gasteiger partial charge on any atom is 0.335 e. The molecule has 1 saturated carbocycles. The van der Waals surface area contributed by atoms with Crippen LogP contribution in [0, 0.1) is 0 Å². The zero-order valence-corrected chi connectivity index (χ0v) is 11.0. The summed E-state index contributed by atoms with van der Waals surface area (Å²) >= 11 is 1.36. The lowest BCUT2D eigenvalue weighted by Gasteiger charge is -2.03. The molecule has 3 rings (SSSR count). The summed E-state index contributed by atoms with van der Waals surface area (Å²) in [6.45, 7) is 0.556. The Morgan fingerprint density at radius 2 is 2.32 bits per heavy atom. The average molecular weight is 275 g/mol. The van der Waals surface area contributed by atoms with E-state index in [-0.39, 0.29) is 0 Å². The molecule has 5 nitrogen and oxygen atoms in total. The molecule has 0 bridgehead atoms. The molecule has 0 atom stereocenters. The minimum atomic E-state index is -0.909. The second kappa shape index (κ2) is 4.97. The zero-order valence-electron chi connectivity index (χ0n) is 10.2. The third-order valence-electron chi connectivity index (χ3n) is 3.00. The molecule has 1 heterocycles. The van der Waals surface area contributed by atoms with Crippen molar-refractivity contribution < 1.29 is 9.90 Å². The first-order valence-electron chi connectivity index (χ1n) is 6.12. The molecule has 0 radical (unpaired) electrons. The number of aromatic carboxylic acids is 1. The summed E-state index contributed by atoms with van der Waals surface area (Å²) in [4.78, 5) is 15.3. The number of rotatable bonds is 5. The number of aromatic nitrogens is 2. The molecule has 1 aromatic heterocycles. The second-order valence-corrected chi connectivity index (χ2v) is 5.34. The number of anilines is 1. The third kappa shape index (κ3) is 2.90. The van der Waals surface area contributed by atoms with Crippen LogP contribution in [0.4, 0.5) is 5.13 Å². The topological polar surface area (TPSA) is 75.1 Å². The molecule has 1 fully saturated rings. The highest BCUT2D eigenvalue weighted by Gasteiger charge is 2.27. The molecule has 0 spiro atoms. The summed E-state index contributed by atoms with van der Waals surface area (Å²) in [7, 11) is 0. The molecule has 0 amide bonds. The second-order valence-electron chi connectivity index (χ2n) is 4.59. The van der Waals surface area contributed by atoms with Gasteiger partial charge in [-0.1, -0.05) is 12.1 Å². The van der Waals surface area contributed by atoms with Gasteiger partial charge in [0.2, 0.25) is 5.13 Å². The van der Waals surface area contributed by atoms with E-state index in [2.05, 4.69) is 14.7 Å². The Kier molecular flexibility index (Phi) is 3.16. The Balaban J connectivity index is 1.64. The van der Waals surface area contributed by atoms with Crippen molar-refractivity contribution >= 4 is 22.6 Å². The fraction of sp³-hybridized carbons (Fsp3) is 0.308. The van der Waals surface area contributed by atoms with Crippen LogP contribution in [0.15, 0.2) is 24.3 Å². The molecule has 2 aromatic rings. The maximum absolute atomic E-state index is 10.9. The standard InChI is InChI=1S/C13H13N3O2S/c17-12(18)10-3-1-2-8(6-10)7-14-13-15-11(16-19-13)9-4-5-9/h1-3,6,9H,4-5,7H2,(H,17,18)(H,14,15,16). The van der Waals surface area contributed by atoms with Crippen LogP contribution in [0.25, 0.3) is 0 Å². The number of carbonyl (C=O) groups is 1. The number of nitrogens with one attached hydrogen (secondary N) is 1. The van der Waals surface area contributed by atoms with Crippen LogP contribution >= 0.6 is 11.5 Å². The van der Waals surface area contributed by atoms with E-state index in [1.165, 1.54) is 24.4 Å². The maximum atomic E-state index is 10.9. The number of hydrogen-bond acceptors (Lipinski definition) is 5. The van der Waals surface area contributed by atoms with Gasteiger partial charge in [-0.25, -0.2) is 9.78 Å². The Labute approximate surface area is 114 Å². The van der Waals surface area contributed by atoms with Crippen molar-refractivity contribution in [3.05, 3.63) is 41.2 Å². The molecule has 0 unspecified atom stereocenters. The molecule has 6 heteroatoms. The predicted octanol–water partition coefficient (Wildman–Crippen LogP) is 2.73. The Morgan fingerprint density at radius 3 is 3.05 bits per heavy atom. The highest BCUT2D eigenvalue weighted by atomic mass is 32.1. The van der Waals surface area contributed by atoms with Crippen LogP contribution in [0.2, 0.25) is 0 Å². The van der Waals surface area contributed by atoms with Crippen molar-refractivity contribution in [3.63, 3.8) is 0 Å². The minimum Gasteiger partial charge on any atom is -0.478 e. The molecular formula is C13H13N3O2S. The number of nitrogens with zero attached hydrogens (tertiary/aromatic N) is 2. The first kappa shape index (κ1) is 12.1. The molecule has 1 aliphatic carbocycles. The van der Waals surface area contributed by atoms with Gasteiger partial charge in [-0.15, -0.1) is 0 Å². The first-order valence-corrected chi connectivity index (χ1v) is 6.89. The van der Waals surface area contributed by atoms with Crippen molar-refractivity contribution in [2.45, 2.75) is 25.3 Å². The average Bonchev–Trinajstić information content (AvgIpc) is 3.16.